The molecule has 0 saturated heterocycles. The van der Waals surface area contributed by atoms with Gasteiger partial charge < -0.3 is 0 Å². The normalized spacial score (nSPS) is 13.5. The van der Waals surface area contributed by atoms with Crippen LogP contribution in [0, 0.1) is 6.92 Å². The minimum absolute atomic E-state index is 0.137. The van der Waals surface area contributed by atoms with E-state index in [0.29, 0.717) is 0 Å². The zero-order valence-electron chi connectivity index (χ0n) is 8.34. The van der Waals surface area contributed by atoms with E-state index in [1.165, 1.54) is 19.3 Å². The van der Waals surface area contributed by atoms with Gasteiger partial charge in [0, 0.05) is 12.4 Å². The van der Waals surface area contributed by atoms with Gasteiger partial charge in [-0.1, -0.05) is 0 Å². The van der Waals surface area contributed by atoms with E-state index in [9.17, 15) is 13.2 Å². The van der Waals surface area contributed by atoms with Crippen LogP contribution in [0.1, 0.15) is 23.1 Å². The molecule has 0 bridgehead atoms. The molecule has 0 aliphatic heterocycles. The molecule has 0 aliphatic carbocycles. The third kappa shape index (κ3) is 2.80. The first-order valence-electron chi connectivity index (χ1n) is 4.17. The average molecular weight is 229 g/mol. The number of nitrogens with two attached hydrogens (primary N) is 1. The molecular weight excluding hydrogens is 218 g/mol. The Labute approximate surface area is 87.6 Å². The Balaban J connectivity index is 3.01. The molecule has 0 fully saturated rings. The standard InChI is InChI=1S/C8H11N3O3S/c1-5-3-10-8(11-4-5)7(12)6(2)15(9,13)14/h3-4,6H,1-2H3,(H2,9,13,14)/t6-/m0/s1. The topological polar surface area (TPSA) is 103 Å². The number of aromatic nitrogens is 2. The van der Waals surface area contributed by atoms with Gasteiger partial charge >= 0.3 is 0 Å². The molecule has 82 valence electrons. The lowest BCUT2D eigenvalue weighted by molar-refractivity contribution is 0.0981. The number of hydrogen-bond acceptors (Lipinski definition) is 5. The molecular formula is C8H11N3O3S. The number of carbonyl (C=O) groups is 1. The molecule has 1 rings (SSSR count). The fourth-order valence-corrected chi connectivity index (χ4v) is 1.25. The molecule has 0 radical (unpaired) electrons. The number of Topliss-reactive ketones (excluding diaryl/α,β-unsaturated/α-hetero) is 1. The van der Waals surface area contributed by atoms with Crippen molar-refractivity contribution in [2.45, 2.75) is 19.1 Å². The van der Waals surface area contributed by atoms with E-state index in [-0.39, 0.29) is 5.82 Å². The maximum Gasteiger partial charge on any atom is 0.219 e. The smallest absolute Gasteiger partial charge is 0.219 e. The molecule has 0 aromatic carbocycles. The molecule has 0 aliphatic rings. The second-order valence-corrected chi connectivity index (χ2v) is 5.06. The summed E-state index contributed by atoms with van der Waals surface area (Å²) in [5.74, 6) is -0.834. The van der Waals surface area contributed by atoms with Gasteiger partial charge in [-0.2, -0.15) is 0 Å². The van der Waals surface area contributed by atoms with E-state index in [2.05, 4.69) is 9.97 Å². The van der Waals surface area contributed by atoms with Crippen LogP contribution in [0.15, 0.2) is 12.4 Å². The molecule has 1 aromatic heterocycles. The van der Waals surface area contributed by atoms with Crippen LogP contribution in [0.5, 0.6) is 0 Å². The van der Waals surface area contributed by atoms with Crippen LogP contribution in [0.3, 0.4) is 0 Å². The van der Waals surface area contributed by atoms with Gasteiger partial charge in [-0.15, -0.1) is 0 Å². The first-order valence-corrected chi connectivity index (χ1v) is 5.78. The SMILES string of the molecule is Cc1cnc(C(=O)[C@H](C)S(N)(=O)=O)nc1. The monoisotopic (exact) mass is 229 g/mol. The molecule has 2 N–H and O–H groups in total. The third-order valence-corrected chi connectivity index (χ3v) is 3.06. The molecule has 1 aromatic rings. The Bertz CT molecular complexity index is 466. The number of carbonyl (C=O) groups excluding carboxylic acids is 1. The summed E-state index contributed by atoms with van der Waals surface area (Å²) in [5.41, 5.74) is 0.787. The van der Waals surface area contributed by atoms with Gasteiger partial charge in [0.15, 0.2) is 5.82 Å². The summed E-state index contributed by atoms with van der Waals surface area (Å²) < 4.78 is 21.8. The van der Waals surface area contributed by atoms with Crippen molar-refractivity contribution < 1.29 is 13.2 Å². The van der Waals surface area contributed by atoms with Gasteiger partial charge in [0.25, 0.3) is 0 Å². The number of nitrogens with zero attached hydrogens (tertiary/aromatic N) is 2. The van der Waals surface area contributed by atoms with Crippen molar-refractivity contribution in [3.63, 3.8) is 0 Å². The predicted molar refractivity (Wildman–Crippen MR) is 53.7 cm³/mol. The van der Waals surface area contributed by atoms with Crippen molar-refractivity contribution >= 4 is 15.8 Å². The van der Waals surface area contributed by atoms with Crippen LogP contribution in [0.4, 0.5) is 0 Å². The fourth-order valence-electron chi connectivity index (χ4n) is 0.851. The van der Waals surface area contributed by atoms with Crippen molar-refractivity contribution in [3.8, 4) is 0 Å². The summed E-state index contributed by atoms with van der Waals surface area (Å²) in [6, 6.07) is 0. The molecule has 0 amide bonds. The summed E-state index contributed by atoms with van der Waals surface area (Å²) in [5, 5.41) is 3.52. The Morgan fingerprint density at radius 3 is 2.27 bits per heavy atom. The van der Waals surface area contributed by atoms with Crippen LogP contribution in [-0.2, 0) is 10.0 Å². The third-order valence-electron chi connectivity index (χ3n) is 1.86. The van der Waals surface area contributed by atoms with Gasteiger partial charge in [0.05, 0.1) is 0 Å². The summed E-state index contributed by atoms with van der Waals surface area (Å²) in [6.07, 6.45) is 2.88. The van der Waals surface area contributed by atoms with E-state index in [0.717, 1.165) is 5.56 Å². The van der Waals surface area contributed by atoms with Crippen LogP contribution in [0.2, 0.25) is 0 Å². The number of primary sulfonamides is 1. The van der Waals surface area contributed by atoms with Crippen LogP contribution in [-0.4, -0.2) is 29.4 Å². The molecule has 0 spiro atoms. The Kier molecular flexibility index (Phi) is 3.15. The first kappa shape index (κ1) is 11.7. The van der Waals surface area contributed by atoms with Gasteiger partial charge in [-0.25, -0.2) is 23.5 Å². The van der Waals surface area contributed by atoms with Crippen molar-refractivity contribution in [2.24, 2.45) is 5.14 Å². The van der Waals surface area contributed by atoms with Crippen LogP contribution in [0.25, 0.3) is 0 Å². The number of rotatable bonds is 3. The maximum atomic E-state index is 11.5. The lowest BCUT2D eigenvalue weighted by Gasteiger charge is -2.06. The minimum atomic E-state index is -3.89. The number of ketones is 1. The molecule has 1 atom stereocenters. The summed E-state index contributed by atoms with van der Waals surface area (Å²) >= 11 is 0. The van der Waals surface area contributed by atoms with Gasteiger partial charge in [0.2, 0.25) is 15.8 Å². The zero-order chi connectivity index (χ0) is 11.6. The van der Waals surface area contributed by atoms with Crippen molar-refractivity contribution in [3.05, 3.63) is 23.8 Å². The second-order valence-electron chi connectivity index (χ2n) is 3.18. The fraction of sp³-hybridized carbons (Fsp3) is 0.375. The molecule has 15 heavy (non-hydrogen) atoms. The van der Waals surface area contributed by atoms with Crippen molar-refractivity contribution in [1.29, 1.82) is 0 Å². The molecule has 0 saturated carbocycles. The largest absolute Gasteiger partial charge is 0.289 e. The minimum Gasteiger partial charge on any atom is -0.289 e. The van der Waals surface area contributed by atoms with E-state index in [1.54, 1.807) is 6.92 Å². The Hall–Kier alpha value is -1.34. The average Bonchev–Trinajstić information content (AvgIpc) is 2.15. The van der Waals surface area contributed by atoms with Gasteiger partial charge in [-0.05, 0) is 19.4 Å². The highest BCUT2D eigenvalue weighted by Crippen LogP contribution is 2.03. The highest BCUT2D eigenvalue weighted by Gasteiger charge is 2.27. The van der Waals surface area contributed by atoms with E-state index >= 15 is 0 Å². The van der Waals surface area contributed by atoms with Crippen LogP contribution >= 0.6 is 0 Å². The van der Waals surface area contributed by atoms with Crippen LogP contribution < -0.4 is 5.14 Å². The molecule has 7 heteroatoms. The van der Waals surface area contributed by atoms with Crippen molar-refractivity contribution in [2.75, 3.05) is 0 Å². The number of hydrogen-bond donors (Lipinski definition) is 1. The molecule has 6 nitrogen and oxygen atoms in total. The quantitative estimate of drug-likeness (QED) is 0.713. The lowest BCUT2D eigenvalue weighted by Crippen LogP contribution is -2.33. The van der Waals surface area contributed by atoms with Gasteiger partial charge in [0.1, 0.15) is 5.25 Å². The van der Waals surface area contributed by atoms with Gasteiger partial charge in [-0.3, -0.25) is 4.79 Å². The Morgan fingerprint density at radius 1 is 1.40 bits per heavy atom. The lowest BCUT2D eigenvalue weighted by atomic mass is 10.3. The second kappa shape index (κ2) is 4.03. The zero-order valence-corrected chi connectivity index (χ0v) is 9.15. The number of sulfonamides is 1. The van der Waals surface area contributed by atoms with E-state index in [1.807, 2.05) is 0 Å². The summed E-state index contributed by atoms with van der Waals surface area (Å²) in [6.45, 7) is 2.97. The van der Waals surface area contributed by atoms with E-state index < -0.39 is 21.1 Å². The summed E-state index contributed by atoms with van der Waals surface area (Å²) in [7, 11) is -3.89. The first-order chi connectivity index (χ1) is 6.82. The van der Waals surface area contributed by atoms with Crippen molar-refractivity contribution in [1.82, 2.24) is 9.97 Å². The highest BCUT2D eigenvalue weighted by molar-refractivity contribution is 7.90. The maximum absolute atomic E-state index is 11.5. The number of aryl methyl sites for hydroxylation is 1. The summed E-state index contributed by atoms with van der Waals surface area (Å²) in [4.78, 5) is 19.0. The predicted octanol–water partition coefficient (Wildman–Crippen LogP) is -0.355. The highest BCUT2D eigenvalue weighted by atomic mass is 32.2. The van der Waals surface area contributed by atoms with E-state index in [4.69, 9.17) is 5.14 Å². The molecule has 1 heterocycles. The molecule has 0 unspecified atom stereocenters. The Morgan fingerprint density at radius 2 is 1.87 bits per heavy atom.